The second-order valence-corrected chi connectivity index (χ2v) is 4.97. The number of nitro groups is 1. The Hall–Kier alpha value is -1.83. The minimum absolute atomic E-state index is 0.0771. The molecule has 98 valence electrons. The van der Waals surface area contributed by atoms with E-state index in [2.05, 4.69) is 10.4 Å². The number of nitrogens with two attached hydrogens (primary N) is 1. The van der Waals surface area contributed by atoms with Gasteiger partial charge in [0.1, 0.15) is 10.7 Å². The second-order valence-electron chi connectivity index (χ2n) is 3.47. The first-order valence-electron chi connectivity index (χ1n) is 5.15. The SMILES string of the molecule is NNc1cccc(Sc2ccc(Cl)cn2)c1[N+](=O)[O-]. The van der Waals surface area contributed by atoms with Crippen LogP contribution in [0.5, 0.6) is 0 Å². The molecule has 1 aromatic carbocycles. The second kappa shape index (κ2) is 5.87. The monoisotopic (exact) mass is 296 g/mol. The third-order valence-electron chi connectivity index (χ3n) is 2.25. The van der Waals surface area contributed by atoms with Crippen LogP contribution in [0, 0.1) is 10.1 Å². The van der Waals surface area contributed by atoms with Gasteiger partial charge in [0.25, 0.3) is 0 Å². The maximum Gasteiger partial charge on any atom is 0.307 e. The molecule has 6 nitrogen and oxygen atoms in total. The van der Waals surface area contributed by atoms with Gasteiger partial charge in [0.05, 0.1) is 14.8 Å². The number of hydrogen-bond acceptors (Lipinski definition) is 6. The fourth-order valence-electron chi connectivity index (χ4n) is 1.44. The highest BCUT2D eigenvalue weighted by Crippen LogP contribution is 2.38. The molecule has 1 heterocycles. The number of nitrogens with one attached hydrogen (secondary N) is 1. The number of hydrazine groups is 1. The summed E-state index contributed by atoms with van der Waals surface area (Å²) in [4.78, 5) is 15.2. The van der Waals surface area contributed by atoms with Gasteiger partial charge in [-0.05, 0) is 24.3 Å². The predicted octanol–water partition coefficient (Wildman–Crippen LogP) is 3.08. The summed E-state index contributed by atoms with van der Waals surface area (Å²) >= 11 is 6.91. The van der Waals surface area contributed by atoms with E-state index < -0.39 is 4.92 Å². The molecule has 8 heteroatoms. The average Bonchev–Trinajstić information content (AvgIpc) is 2.40. The van der Waals surface area contributed by atoms with Crippen LogP contribution in [0.1, 0.15) is 0 Å². The van der Waals surface area contributed by atoms with Gasteiger partial charge in [-0.2, -0.15) is 0 Å². The van der Waals surface area contributed by atoms with E-state index in [1.54, 1.807) is 24.3 Å². The number of para-hydroxylation sites is 1. The van der Waals surface area contributed by atoms with Gasteiger partial charge in [-0.3, -0.25) is 16.0 Å². The number of benzene rings is 1. The summed E-state index contributed by atoms with van der Waals surface area (Å²) in [6.07, 6.45) is 1.49. The largest absolute Gasteiger partial charge is 0.318 e. The van der Waals surface area contributed by atoms with E-state index in [-0.39, 0.29) is 11.4 Å². The molecule has 2 aromatic rings. The van der Waals surface area contributed by atoms with Crippen molar-refractivity contribution < 1.29 is 4.92 Å². The van der Waals surface area contributed by atoms with E-state index in [4.69, 9.17) is 17.4 Å². The van der Waals surface area contributed by atoms with E-state index in [1.165, 1.54) is 24.0 Å². The van der Waals surface area contributed by atoms with Gasteiger partial charge in [0.15, 0.2) is 0 Å². The lowest BCUT2D eigenvalue weighted by Gasteiger charge is -2.06. The maximum absolute atomic E-state index is 11.1. The van der Waals surface area contributed by atoms with E-state index >= 15 is 0 Å². The molecule has 0 saturated heterocycles. The van der Waals surface area contributed by atoms with Crippen molar-refractivity contribution in [3.63, 3.8) is 0 Å². The number of nitrogen functional groups attached to an aromatic ring is 1. The molecular weight excluding hydrogens is 288 g/mol. The van der Waals surface area contributed by atoms with Crippen molar-refractivity contribution in [1.82, 2.24) is 4.98 Å². The van der Waals surface area contributed by atoms with Gasteiger partial charge in [0.2, 0.25) is 0 Å². The highest BCUT2D eigenvalue weighted by molar-refractivity contribution is 7.99. The molecule has 0 aliphatic rings. The Bertz CT molecular complexity index is 606. The van der Waals surface area contributed by atoms with Crippen molar-refractivity contribution in [3.05, 3.63) is 51.7 Å². The Labute approximate surface area is 118 Å². The van der Waals surface area contributed by atoms with Crippen molar-refractivity contribution in [2.24, 2.45) is 5.84 Å². The molecule has 0 saturated carbocycles. The number of aromatic nitrogens is 1. The fourth-order valence-corrected chi connectivity index (χ4v) is 2.45. The van der Waals surface area contributed by atoms with Crippen LogP contribution in [-0.4, -0.2) is 9.91 Å². The van der Waals surface area contributed by atoms with Gasteiger partial charge in [-0.25, -0.2) is 4.98 Å². The average molecular weight is 297 g/mol. The Morgan fingerprint density at radius 2 is 2.16 bits per heavy atom. The smallest absolute Gasteiger partial charge is 0.307 e. The first-order valence-corrected chi connectivity index (χ1v) is 6.34. The van der Waals surface area contributed by atoms with Crippen molar-refractivity contribution in [3.8, 4) is 0 Å². The summed E-state index contributed by atoms with van der Waals surface area (Å²) in [7, 11) is 0. The van der Waals surface area contributed by atoms with Crippen LogP contribution in [0.4, 0.5) is 11.4 Å². The molecule has 19 heavy (non-hydrogen) atoms. The lowest BCUT2D eigenvalue weighted by molar-refractivity contribution is -0.386. The van der Waals surface area contributed by atoms with E-state index in [9.17, 15) is 10.1 Å². The van der Waals surface area contributed by atoms with E-state index in [1.807, 2.05) is 0 Å². The Morgan fingerprint density at radius 1 is 1.37 bits per heavy atom. The molecule has 0 bridgehead atoms. The molecular formula is C11H9ClN4O2S. The van der Waals surface area contributed by atoms with E-state index in [0.29, 0.717) is 14.9 Å². The van der Waals surface area contributed by atoms with Gasteiger partial charge < -0.3 is 5.43 Å². The highest BCUT2D eigenvalue weighted by atomic mass is 35.5. The van der Waals surface area contributed by atoms with Gasteiger partial charge in [-0.15, -0.1) is 0 Å². The number of halogens is 1. The standard InChI is InChI=1S/C11H9ClN4O2S/c12-7-4-5-10(14-6-7)19-9-3-1-2-8(15-13)11(9)16(17)18/h1-6,15H,13H2. The number of pyridine rings is 1. The van der Waals surface area contributed by atoms with Crippen LogP contribution >= 0.6 is 23.4 Å². The zero-order valence-corrected chi connectivity index (χ0v) is 11.1. The summed E-state index contributed by atoms with van der Waals surface area (Å²) in [5.74, 6) is 5.27. The molecule has 0 spiro atoms. The summed E-state index contributed by atoms with van der Waals surface area (Å²) < 4.78 is 0. The summed E-state index contributed by atoms with van der Waals surface area (Å²) in [5.41, 5.74) is 2.49. The van der Waals surface area contributed by atoms with Gasteiger partial charge in [0, 0.05) is 6.20 Å². The van der Waals surface area contributed by atoms with Crippen LogP contribution < -0.4 is 11.3 Å². The quantitative estimate of drug-likeness (QED) is 0.511. The van der Waals surface area contributed by atoms with Crippen molar-refractivity contribution in [2.45, 2.75) is 9.92 Å². The zero-order valence-electron chi connectivity index (χ0n) is 9.54. The molecule has 1 aromatic heterocycles. The molecule has 0 atom stereocenters. The molecule has 0 aliphatic carbocycles. The number of nitrogens with zero attached hydrogens (tertiary/aromatic N) is 2. The molecule has 0 fully saturated rings. The molecule has 0 radical (unpaired) electrons. The van der Waals surface area contributed by atoms with Crippen LogP contribution in [-0.2, 0) is 0 Å². The topological polar surface area (TPSA) is 94.1 Å². The summed E-state index contributed by atoms with van der Waals surface area (Å²) in [6, 6.07) is 8.23. The zero-order chi connectivity index (χ0) is 13.8. The normalized spacial score (nSPS) is 10.2. The lowest BCUT2D eigenvalue weighted by Crippen LogP contribution is -2.09. The lowest BCUT2D eigenvalue weighted by atomic mass is 10.3. The van der Waals surface area contributed by atoms with Crippen LogP contribution in [0.3, 0.4) is 0 Å². The number of anilines is 1. The third kappa shape index (κ3) is 3.14. The highest BCUT2D eigenvalue weighted by Gasteiger charge is 2.20. The van der Waals surface area contributed by atoms with Gasteiger partial charge in [-0.1, -0.05) is 29.4 Å². The Balaban J connectivity index is 2.39. The molecule has 3 N–H and O–H groups in total. The van der Waals surface area contributed by atoms with Crippen molar-refractivity contribution in [1.29, 1.82) is 0 Å². The number of hydrogen-bond donors (Lipinski definition) is 2. The number of rotatable bonds is 4. The molecule has 0 unspecified atom stereocenters. The summed E-state index contributed by atoms with van der Waals surface area (Å²) in [5, 5.41) is 12.2. The Kier molecular flexibility index (Phi) is 4.20. The van der Waals surface area contributed by atoms with Gasteiger partial charge >= 0.3 is 5.69 Å². The molecule has 0 amide bonds. The maximum atomic E-state index is 11.1. The minimum Gasteiger partial charge on any atom is -0.318 e. The Morgan fingerprint density at radius 3 is 2.74 bits per heavy atom. The molecule has 2 rings (SSSR count). The minimum atomic E-state index is -0.479. The van der Waals surface area contributed by atoms with Crippen LogP contribution in [0.25, 0.3) is 0 Å². The first-order chi connectivity index (χ1) is 9.11. The fraction of sp³-hybridized carbons (Fsp3) is 0. The number of nitro benzene ring substituents is 1. The van der Waals surface area contributed by atoms with Crippen molar-refractivity contribution in [2.75, 3.05) is 5.43 Å². The first kappa shape index (κ1) is 13.6. The molecule has 0 aliphatic heterocycles. The summed E-state index contributed by atoms with van der Waals surface area (Å²) in [6.45, 7) is 0. The van der Waals surface area contributed by atoms with Crippen molar-refractivity contribution >= 4 is 34.7 Å². The van der Waals surface area contributed by atoms with E-state index in [0.717, 1.165) is 0 Å². The van der Waals surface area contributed by atoms with Crippen LogP contribution in [0.2, 0.25) is 5.02 Å². The third-order valence-corrected chi connectivity index (χ3v) is 3.48. The predicted molar refractivity (Wildman–Crippen MR) is 74.3 cm³/mol. The van der Waals surface area contributed by atoms with Crippen LogP contribution in [0.15, 0.2) is 46.5 Å².